The van der Waals surface area contributed by atoms with Gasteiger partial charge in [-0.1, -0.05) is 0 Å². The van der Waals surface area contributed by atoms with Crippen molar-refractivity contribution >= 4 is 21.8 Å². The fourth-order valence-corrected chi connectivity index (χ4v) is 1.63. The second kappa shape index (κ2) is 5.51. The summed E-state index contributed by atoms with van der Waals surface area (Å²) < 4.78 is 5.91. The Labute approximate surface area is 109 Å². The van der Waals surface area contributed by atoms with E-state index in [1.165, 1.54) is 0 Å². The van der Waals surface area contributed by atoms with Crippen LogP contribution in [-0.4, -0.2) is 30.3 Å². The molecule has 0 bridgehead atoms. The summed E-state index contributed by atoms with van der Waals surface area (Å²) in [6.45, 7) is 3.38. The Morgan fingerprint density at radius 3 is 2.71 bits per heavy atom. The molecule has 0 spiro atoms. The van der Waals surface area contributed by atoms with Crippen LogP contribution in [0.25, 0.3) is 0 Å². The summed E-state index contributed by atoms with van der Waals surface area (Å²) in [6, 6.07) is 5.09. The lowest BCUT2D eigenvalue weighted by atomic mass is 10.1. The number of amides is 1. The zero-order valence-corrected chi connectivity index (χ0v) is 11.7. The molecule has 1 amide bonds. The zero-order valence-electron chi connectivity index (χ0n) is 10.1. The number of hydrogen-bond donors (Lipinski definition) is 2. The minimum Gasteiger partial charge on any atom is -0.496 e. The number of carbonyl (C=O) groups is 1. The van der Waals surface area contributed by atoms with Crippen LogP contribution in [0.5, 0.6) is 5.75 Å². The molecule has 1 rings (SSSR count). The van der Waals surface area contributed by atoms with Gasteiger partial charge < -0.3 is 15.2 Å². The lowest BCUT2D eigenvalue weighted by Crippen LogP contribution is -2.46. The number of aliphatic hydroxyl groups is 1. The molecule has 0 radical (unpaired) electrons. The molecule has 17 heavy (non-hydrogen) atoms. The van der Waals surface area contributed by atoms with Crippen LogP contribution in [0.4, 0.5) is 0 Å². The molecule has 0 heterocycles. The summed E-state index contributed by atoms with van der Waals surface area (Å²) in [7, 11) is 1.54. The highest BCUT2D eigenvalue weighted by Gasteiger charge is 2.20. The average molecular weight is 302 g/mol. The average Bonchev–Trinajstić information content (AvgIpc) is 2.29. The summed E-state index contributed by atoms with van der Waals surface area (Å²) >= 11 is 3.32. The molecule has 1 aromatic rings. The zero-order chi connectivity index (χ0) is 13.1. The largest absolute Gasteiger partial charge is 0.496 e. The Bertz CT molecular complexity index is 418. The van der Waals surface area contributed by atoms with E-state index >= 15 is 0 Å². The Morgan fingerprint density at radius 1 is 1.53 bits per heavy atom. The van der Waals surface area contributed by atoms with Crippen LogP contribution in [0.15, 0.2) is 22.7 Å². The molecule has 0 fully saturated rings. The molecule has 0 aromatic heterocycles. The SMILES string of the molecule is COc1cc(C(=O)NC(C)(C)CO)ccc1Br. The van der Waals surface area contributed by atoms with Gasteiger partial charge in [-0.3, -0.25) is 4.79 Å². The van der Waals surface area contributed by atoms with Gasteiger partial charge in [0, 0.05) is 5.56 Å². The molecular weight excluding hydrogens is 286 g/mol. The summed E-state index contributed by atoms with van der Waals surface area (Å²) in [6.07, 6.45) is 0. The predicted molar refractivity (Wildman–Crippen MR) is 69.3 cm³/mol. The number of carbonyl (C=O) groups excluding carboxylic acids is 1. The molecular formula is C12H16BrNO3. The first-order chi connectivity index (χ1) is 7.89. The number of aliphatic hydroxyl groups excluding tert-OH is 1. The van der Waals surface area contributed by atoms with E-state index < -0.39 is 5.54 Å². The fourth-order valence-electron chi connectivity index (χ4n) is 1.22. The smallest absolute Gasteiger partial charge is 0.251 e. The van der Waals surface area contributed by atoms with Gasteiger partial charge in [0.1, 0.15) is 5.75 Å². The first kappa shape index (κ1) is 14.0. The molecule has 0 saturated carbocycles. The maximum Gasteiger partial charge on any atom is 0.251 e. The minimum atomic E-state index is -0.641. The van der Waals surface area contributed by atoms with Crippen LogP contribution in [-0.2, 0) is 0 Å². The fraction of sp³-hybridized carbons (Fsp3) is 0.417. The standard InChI is InChI=1S/C12H16BrNO3/c1-12(2,7-15)14-11(16)8-4-5-9(13)10(6-8)17-3/h4-6,15H,7H2,1-3H3,(H,14,16). The van der Waals surface area contributed by atoms with Crippen molar-refractivity contribution < 1.29 is 14.6 Å². The van der Waals surface area contributed by atoms with Gasteiger partial charge in [-0.2, -0.15) is 0 Å². The first-order valence-electron chi connectivity index (χ1n) is 5.16. The second-order valence-corrected chi connectivity index (χ2v) is 5.20. The Balaban J connectivity index is 2.90. The van der Waals surface area contributed by atoms with E-state index in [0.717, 1.165) is 4.47 Å². The van der Waals surface area contributed by atoms with Crippen LogP contribution < -0.4 is 10.1 Å². The highest BCUT2D eigenvalue weighted by molar-refractivity contribution is 9.10. The van der Waals surface area contributed by atoms with Gasteiger partial charge in [0.25, 0.3) is 5.91 Å². The van der Waals surface area contributed by atoms with Gasteiger partial charge in [0.05, 0.1) is 23.7 Å². The molecule has 4 nitrogen and oxygen atoms in total. The van der Waals surface area contributed by atoms with Gasteiger partial charge >= 0.3 is 0 Å². The van der Waals surface area contributed by atoms with Gasteiger partial charge in [-0.15, -0.1) is 0 Å². The monoisotopic (exact) mass is 301 g/mol. The lowest BCUT2D eigenvalue weighted by Gasteiger charge is -2.23. The number of rotatable bonds is 4. The number of ether oxygens (including phenoxy) is 1. The highest BCUT2D eigenvalue weighted by atomic mass is 79.9. The maximum absolute atomic E-state index is 11.9. The lowest BCUT2D eigenvalue weighted by molar-refractivity contribution is 0.0869. The van der Waals surface area contributed by atoms with Gasteiger partial charge in [0.15, 0.2) is 0 Å². The summed E-state index contributed by atoms with van der Waals surface area (Å²) in [5.41, 5.74) is -0.149. The van der Waals surface area contributed by atoms with Crippen LogP contribution in [0.2, 0.25) is 0 Å². The number of methoxy groups -OCH3 is 1. The van der Waals surface area contributed by atoms with E-state index in [0.29, 0.717) is 11.3 Å². The Morgan fingerprint density at radius 2 is 2.18 bits per heavy atom. The summed E-state index contributed by atoms with van der Waals surface area (Å²) in [5, 5.41) is 11.8. The van der Waals surface area contributed by atoms with Crippen LogP contribution in [0.3, 0.4) is 0 Å². The van der Waals surface area contributed by atoms with Gasteiger partial charge in [0.2, 0.25) is 0 Å². The summed E-state index contributed by atoms with van der Waals surface area (Å²) in [4.78, 5) is 11.9. The second-order valence-electron chi connectivity index (χ2n) is 4.35. The van der Waals surface area contributed by atoms with Crippen molar-refractivity contribution in [3.8, 4) is 5.75 Å². The molecule has 0 aliphatic carbocycles. The third-order valence-corrected chi connectivity index (χ3v) is 2.92. The number of benzene rings is 1. The van der Waals surface area contributed by atoms with Crippen LogP contribution >= 0.6 is 15.9 Å². The minimum absolute atomic E-state index is 0.119. The number of hydrogen-bond acceptors (Lipinski definition) is 3. The van der Waals surface area contributed by atoms with Gasteiger partial charge in [-0.05, 0) is 48.0 Å². The van der Waals surface area contributed by atoms with E-state index in [9.17, 15) is 4.79 Å². The molecule has 2 N–H and O–H groups in total. The highest BCUT2D eigenvalue weighted by Crippen LogP contribution is 2.25. The number of halogens is 1. The van der Waals surface area contributed by atoms with Crippen molar-refractivity contribution in [3.63, 3.8) is 0 Å². The van der Waals surface area contributed by atoms with Crippen LogP contribution in [0.1, 0.15) is 24.2 Å². The molecule has 0 aliphatic heterocycles. The maximum atomic E-state index is 11.9. The molecule has 0 saturated heterocycles. The van der Waals surface area contributed by atoms with E-state index in [-0.39, 0.29) is 12.5 Å². The third-order valence-electron chi connectivity index (χ3n) is 2.26. The van der Waals surface area contributed by atoms with E-state index in [2.05, 4.69) is 21.2 Å². The molecule has 94 valence electrons. The molecule has 0 unspecified atom stereocenters. The van der Waals surface area contributed by atoms with E-state index in [1.807, 2.05) is 0 Å². The molecule has 0 aliphatic rings. The van der Waals surface area contributed by atoms with Crippen molar-refractivity contribution in [2.45, 2.75) is 19.4 Å². The van der Waals surface area contributed by atoms with Crippen molar-refractivity contribution in [1.29, 1.82) is 0 Å². The van der Waals surface area contributed by atoms with Crippen LogP contribution in [0, 0.1) is 0 Å². The van der Waals surface area contributed by atoms with E-state index in [4.69, 9.17) is 9.84 Å². The quantitative estimate of drug-likeness (QED) is 0.894. The van der Waals surface area contributed by atoms with Crippen molar-refractivity contribution in [1.82, 2.24) is 5.32 Å². The molecule has 5 heteroatoms. The predicted octanol–water partition coefficient (Wildman–Crippen LogP) is 1.96. The molecule has 1 aromatic carbocycles. The first-order valence-corrected chi connectivity index (χ1v) is 5.96. The Kier molecular flexibility index (Phi) is 4.54. The third kappa shape index (κ3) is 3.71. The van der Waals surface area contributed by atoms with E-state index in [1.54, 1.807) is 39.2 Å². The summed E-state index contributed by atoms with van der Waals surface area (Å²) in [5.74, 6) is 0.356. The number of nitrogens with one attached hydrogen (secondary N) is 1. The normalized spacial score (nSPS) is 11.1. The van der Waals surface area contributed by atoms with Crippen molar-refractivity contribution in [2.24, 2.45) is 0 Å². The van der Waals surface area contributed by atoms with Crippen molar-refractivity contribution in [3.05, 3.63) is 28.2 Å². The molecule has 0 atom stereocenters. The Hall–Kier alpha value is -1.07. The van der Waals surface area contributed by atoms with Crippen molar-refractivity contribution in [2.75, 3.05) is 13.7 Å². The topological polar surface area (TPSA) is 58.6 Å². The van der Waals surface area contributed by atoms with Gasteiger partial charge in [-0.25, -0.2) is 0 Å².